The number of aliphatic hydroxyl groups is 1. The van der Waals surface area contributed by atoms with Crippen LogP contribution in [-0.2, 0) is 21.7 Å². The van der Waals surface area contributed by atoms with Crippen molar-refractivity contribution in [3.63, 3.8) is 0 Å². The quantitative estimate of drug-likeness (QED) is 0.398. The van der Waals surface area contributed by atoms with Gasteiger partial charge in [0.1, 0.15) is 0 Å². The predicted octanol–water partition coefficient (Wildman–Crippen LogP) is 5.30. The van der Waals surface area contributed by atoms with Crippen molar-refractivity contribution >= 4 is 35.1 Å². The molecule has 32 heavy (non-hydrogen) atoms. The molecule has 1 amide bonds. The van der Waals surface area contributed by atoms with Gasteiger partial charge in [0.25, 0.3) is 5.91 Å². The van der Waals surface area contributed by atoms with E-state index in [0.29, 0.717) is 16.3 Å². The minimum absolute atomic E-state index is 0.277. The molecule has 0 spiro atoms. The third-order valence-electron chi connectivity index (χ3n) is 5.40. The minimum atomic E-state index is -1.90. The lowest BCUT2D eigenvalue weighted by Gasteiger charge is -2.22. The molecule has 1 aliphatic heterocycles. The Morgan fingerprint density at radius 3 is 2.38 bits per heavy atom. The number of benzene rings is 3. The number of nitrogens with zero attached hydrogens (tertiary/aromatic N) is 1. The normalized spacial score (nSPS) is 17.9. The summed E-state index contributed by atoms with van der Waals surface area (Å²) >= 11 is 5.96. The van der Waals surface area contributed by atoms with Gasteiger partial charge in [0.15, 0.2) is 11.4 Å². The molecule has 1 aliphatic rings. The largest absolute Gasteiger partial charge is 0.375 e. The van der Waals surface area contributed by atoms with Crippen molar-refractivity contribution in [3.05, 3.63) is 119 Å². The van der Waals surface area contributed by atoms with Gasteiger partial charge in [0.05, 0.1) is 18.7 Å². The molecule has 0 saturated carbocycles. The summed E-state index contributed by atoms with van der Waals surface area (Å²) < 4.78 is 0. The summed E-state index contributed by atoms with van der Waals surface area (Å²) in [5.74, 6) is -0.836. The highest BCUT2D eigenvalue weighted by atomic mass is 35.5. The van der Waals surface area contributed by atoms with Gasteiger partial charge >= 0.3 is 0 Å². The standard InChI is InChI=1S/C27H22ClNO3/c28-22-16-14-21(15-17-22)19-29-25-13-7-6-12-24(25)27(32,26(29)31)18-23(30)11-5-4-10-20-8-2-1-3-9-20/h1-17,32H,18-19H2/b10-4+,11-5+/t27-/m1/s1. The van der Waals surface area contributed by atoms with E-state index in [1.807, 2.05) is 54.6 Å². The third-order valence-corrected chi connectivity index (χ3v) is 5.66. The SMILES string of the molecule is O=C(/C=C/C=C/c1ccccc1)C[C@]1(O)C(=O)N(Cc2ccc(Cl)cc2)c2ccccc21. The maximum absolute atomic E-state index is 13.3. The summed E-state index contributed by atoms with van der Waals surface area (Å²) in [5.41, 5.74) is 1.05. The van der Waals surface area contributed by atoms with E-state index in [1.165, 1.54) is 11.0 Å². The third kappa shape index (κ3) is 4.57. The molecule has 160 valence electrons. The summed E-state index contributed by atoms with van der Waals surface area (Å²) in [7, 11) is 0. The Morgan fingerprint density at radius 1 is 0.938 bits per heavy atom. The summed E-state index contributed by atoms with van der Waals surface area (Å²) in [5, 5.41) is 11.9. The number of anilines is 1. The van der Waals surface area contributed by atoms with E-state index in [2.05, 4.69) is 0 Å². The maximum Gasteiger partial charge on any atom is 0.264 e. The van der Waals surface area contributed by atoms with Crippen molar-refractivity contribution in [2.45, 2.75) is 18.6 Å². The Balaban J connectivity index is 1.52. The maximum atomic E-state index is 13.3. The Labute approximate surface area is 192 Å². The molecule has 0 fully saturated rings. The van der Waals surface area contributed by atoms with E-state index in [1.54, 1.807) is 42.5 Å². The number of carbonyl (C=O) groups is 2. The minimum Gasteiger partial charge on any atom is -0.375 e. The Bertz CT molecular complexity index is 1190. The number of para-hydroxylation sites is 1. The smallest absolute Gasteiger partial charge is 0.264 e. The van der Waals surface area contributed by atoms with E-state index in [-0.39, 0.29) is 18.7 Å². The zero-order chi connectivity index (χ0) is 22.6. The summed E-state index contributed by atoms with van der Waals surface area (Å²) in [6, 6.07) is 23.9. The molecule has 0 bridgehead atoms. The molecule has 1 atom stereocenters. The molecule has 1 N–H and O–H groups in total. The summed E-state index contributed by atoms with van der Waals surface area (Å²) in [6.07, 6.45) is 6.32. The van der Waals surface area contributed by atoms with E-state index in [9.17, 15) is 14.7 Å². The molecule has 4 rings (SSSR count). The van der Waals surface area contributed by atoms with Gasteiger partial charge < -0.3 is 10.0 Å². The molecule has 0 radical (unpaired) electrons. The number of rotatable bonds is 7. The summed E-state index contributed by atoms with van der Waals surface area (Å²) in [6.45, 7) is 0.277. The second-order valence-corrected chi connectivity index (χ2v) is 8.10. The van der Waals surface area contributed by atoms with Crippen LogP contribution in [0.3, 0.4) is 0 Å². The molecule has 1 heterocycles. The molecular formula is C27H22ClNO3. The Kier molecular flexibility index (Phi) is 6.35. The van der Waals surface area contributed by atoms with Gasteiger partial charge in [0, 0.05) is 10.6 Å². The van der Waals surface area contributed by atoms with Crippen LogP contribution in [0.25, 0.3) is 6.08 Å². The molecule has 4 nitrogen and oxygen atoms in total. The first-order chi connectivity index (χ1) is 15.5. The Hall–Kier alpha value is -3.47. The number of hydrogen-bond acceptors (Lipinski definition) is 3. The van der Waals surface area contributed by atoms with E-state index in [4.69, 9.17) is 11.6 Å². The number of hydrogen-bond donors (Lipinski definition) is 1. The molecule has 3 aromatic rings. The van der Waals surface area contributed by atoms with E-state index >= 15 is 0 Å². The first-order valence-electron chi connectivity index (χ1n) is 10.3. The van der Waals surface area contributed by atoms with Gasteiger partial charge in [-0.2, -0.15) is 0 Å². The number of ketones is 1. The lowest BCUT2D eigenvalue weighted by atomic mass is 9.90. The lowest BCUT2D eigenvalue weighted by Crippen LogP contribution is -2.41. The van der Waals surface area contributed by atoms with Crippen molar-refractivity contribution in [1.29, 1.82) is 0 Å². The highest BCUT2D eigenvalue weighted by Crippen LogP contribution is 2.43. The van der Waals surface area contributed by atoms with Crippen molar-refractivity contribution in [2.75, 3.05) is 4.90 Å². The number of fused-ring (bicyclic) bond motifs is 1. The van der Waals surface area contributed by atoms with Crippen LogP contribution in [0.1, 0.15) is 23.1 Å². The fraction of sp³-hybridized carbons (Fsp3) is 0.111. The fourth-order valence-electron chi connectivity index (χ4n) is 3.81. The zero-order valence-electron chi connectivity index (χ0n) is 17.3. The molecular weight excluding hydrogens is 422 g/mol. The molecule has 0 unspecified atom stereocenters. The lowest BCUT2D eigenvalue weighted by molar-refractivity contribution is -0.140. The van der Waals surface area contributed by atoms with Crippen LogP contribution in [-0.4, -0.2) is 16.8 Å². The number of halogens is 1. The van der Waals surface area contributed by atoms with Gasteiger partial charge in [-0.15, -0.1) is 0 Å². The fourth-order valence-corrected chi connectivity index (χ4v) is 3.94. The van der Waals surface area contributed by atoms with Gasteiger partial charge in [0.2, 0.25) is 0 Å². The highest BCUT2D eigenvalue weighted by Gasteiger charge is 2.50. The molecule has 0 saturated heterocycles. The van der Waals surface area contributed by atoms with Gasteiger partial charge in [-0.05, 0) is 35.4 Å². The van der Waals surface area contributed by atoms with Crippen LogP contribution in [0.5, 0.6) is 0 Å². The van der Waals surface area contributed by atoms with Gasteiger partial charge in [-0.25, -0.2) is 0 Å². The number of allylic oxidation sites excluding steroid dienone is 3. The van der Waals surface area contributed by atoms with E-state index < -0.39 is 11.5 Å². The number of amides is 1. The molecule has 5 heteroatoms. The first-order valence-corrected chi connectivity index (χ1v) is 10.7. The van der Waals surface area contributed by atoms with Crippen LogP contribution in [0, 0.1) is 0 Å². The van der Waals surface area contributed by atoms with E-state index in [0.717, 1.165) is 11.1 Å². The monoisotopic (exact) mass is 443 g/mol. The van der Waals surface area contributed by atoms with Crippen molar-refractivity contribution in [1.82, 2.24) is 0 Å². The van der Waals surface area contributed by atoms with Crippen LogP contribution in [0.15, 0.2) is 97.1 Å². The average Bonchev–Trinajstić information content (AvgIpc) is 3.01. The molecule has 0 aliphatic carbocycles. The van der Waals surface area contributed by atoms with Crippen molar-refractivity contribution < 1.29 is 14.7 Å². The second kappa shape index (κ2) is 9.35. The Morgan fingerprint density at radius 2 is 1.62 bits per heavy atom. The molecule has 3 aromatic carbocycles. The van der Waals surface area contributed by atoms with Crippen LogP contribution in [0.4, 0.5) is 5.69 Å². The second-order valence-electron chi connectivity index (χ2n) is 7.67. The van der Waals surface area contributed by atoms with Crippen molar-refractivity contribution in [2.24, 2.45) is 0 Å². The molecule has 0 aromatic heterocycles. The van der Waals surface area contributed by atoms with Crippen molar-refractivity contribution in [3.8, 4) is 0 Å². The topological polar surface area (TPSA) is 57.6 Å². The van der Waals surface area contributed by atoms with Crippen LogP contribution in [0.2, 0.25) is 5.02 Å². The highest BCUT2D eigenvalue weighted by molar-refractivity contribution is 6.30. The average molecular weight is 444 g/mol. The number of carbonyl (C=O) groups excluding carboxylic acids is 2. The first kappa shape index (κ1) is 21.8. The van der Waals surface area contributed by atoms with Gasteiger partial charge in [-0.1, -0.05) is 90.5 Å². The van der Waals surface area contributed by atoms with Crippen LogP contribution >= 0.6 is 11.6 Å². The zero-order valence-corrected chi connectivity index (χ0v) is 18.1. The van der Waals surface area contributed by atoms with Gasteiger partial charge in [-0.3, -0.25) is 9.59 Å². The van der Waals surface area contributed by atoms with Crippen LogP contribution < -0.4 is 4.90 Å². The summed E-state index contributed by atoms with van der Waals surface area (Å²) in [4.78, 5) is 27.4. The predicted molar refractivity (Wildman–Crippen MR) is 127 cm³/mol.